The zero-order valence-corrected chi connectivity index (χ0v) is 15.5. The lowest BCUT2D eigenvalue weighted by atomic mass is 9.96. The number of hydrogen-bond acceptors (Lipinski definition) is 4. The normalized spacial score (nSPS) is 10.7. The maximum Gasteiger partial charge on any atom is 0.221 e. The van der Waals surface area contributed by atoms with E-state index in [2.05, 4.69) is 20.7 Å². The second-order valence-corrected chi connectivity index (χ2v) is 6.51. The minimum Gasteiger partial charge on any atom is -0.507 e. The van der Waals surface area contributed by atoms with Crippen LogP contribution in [0.3, 0.4) is 0 Å². The molecule has 1 heterocycles. The highest BCUT2D eigenvalue weighted by atomic mass is 19.1. The van der Waals surface area contributed by atoms with E-state index in [-0.39, 0.29) is 17.3 Å². The molecule has 144 valence electrons. The summed E-state index contributed by atoms with van der Waals surface area (Å²) in [6.07, 6.45) is 1.62. The predicted octanol–water partition coefficient (Wildman–Crippen LogP) is 4.61. The van der Waals surface area contributed by atoms with Crippen LogP contribution in [0, 0.1) is 5.82 Å². The maximum atomic E-state index is 14.3. The minimum atomic E-state index is -0.574. The van der Waals surface area contributed by atoms with E-state index in [9.17, 15) is 14.3 Å². The van der Waals surface area contributed by atoms with Crippen LogP contribution in [-0.4, -0.2) is 26.4 Å². The summed E-state index contributed by atoms with van der Waals surface area (Å²) in [5.74, 6) is -0.888. The Bertz CT molecular complexity index is 1190. The van der Waals surface area contributed by atoms with Gasteiger partial charge in [-0.2, -0.15) is 15.4 Å². The van der Waals surface area contributed by atoms with Gasteiger partial charge < -0.3 is 10.4 Å². The van der Waals surface area contributed by atoms with Gasteiger partial charge in [0.1, 0.15) is 17.3 Å². The smallest absolute Gasteiger partial charge is 0.221 e. The van der Waals surface area contributed by atoms with Crippen LogP contribution in [0.15, 0.2) is 66.9 Å². The average Bonchev–Trinajstić information content (AvgIpc) is 3.24. The average molecular weight is 388 g/mol. The van der Waals surface area contributed by atoms with Crippen molar-refractivity contribution in [2.24, 2.45) is 0 Å². The molecular weight excluding hydrogens is 371 g/mol. The van der Waals surface area contributed by atoms with Crippen LogP contribution >= 0.6 is 0 Å². The van der Waals surface area contributed by atoms with E-state index in [0.717, 1.165) is 11.1 Å². The molecule has 0 bridgehead atoms. The summed E-state index contributed by atoms with van der Waals surface area (Å²) in [6, 6.07) is 17.3. The molecular formula is C22H17FN4O2. The Labute approximate surface area is 166 Å². The van der Waals surface area contributed by atoms with E-state index in [1.165, 1.54) is 19.1 Å². The first kappa shape index (κ1) is 18.4. The molecule has 0 radical (unpaired) electrons. The number of nitrogens with one attached hydrogen (secondary N) is 2. The summed E-state index contributed by atoms with van der Waals surface area (Å²) >= 11 is 0. The van der Waals surface area contributed by atoms with E-state index in [1.807, 2.05) is 24.3 Å². The van der Waals surface area contributed by atoms with Crippen LogP contribution in [0.25, 0.3) is 33.5 Å². The molecule has 0 saturated carbocycles. The Hall–Kier alpha value is -4.00. The highest BCUT2D eigenvalue weighted by molar-refractivity contribution is 5.90. The van der Waals surface area contributed by atoms with Crippen molar-refractivity contribution in [2.45, 2.75) is 6.92 Å². The van der Waals surface area contributed by atoms with Crippen LogP contribution in [0.2, 0.25) is 0 Å². The molecule has 0 fully saturated rings. The molecule has 0 saturated heterocycles. The van der Waals surface area contributed by atoms with E-state index in [1.54, 1.807) is 30.5 Å². The Balaban J connectivity index is 1.75. The van der Waals surface area contributed by atoms with Crippen molar-refractivity contribution in [3.05, 3.63) is 72.7 Å². The number of carbonyl (C=O) groups excluding carboxylic acids is 1. The molecule has 0 atom stereocenters. The van der Waals surface area contributed by atoms with Crippen molar-refractivity contribution in [1.82, 2.24) is 15.4 Å². The van der Waals surface area contributed by atoms with Gasteiger partial charge in [0.2, 0.25) is 5.91 Å². The predicted molar refractivity (Wildman–Crippen MR) is 109 cm³/mol. The number of amides is 1. The summed E-state index contributed by atoms with van der Waals surface area (Å²) in [4.78, 5) is 11.2. The number of aromatic amines is 1. The number of rotatable bonds is 4. The minimum absolute atomic E-state index is 0.0384. The van der Waals surface area contributed by atoms with Crippen molar-refractivity contribution in [3.8, 4) is 39.3 Å². The van der Waals surface area contributed by atoms with Gasteiger partial charge in [0.25, 0.3) is 0 Å². The van der Waals surface area contributed by atoms with Gasteiger partial charge in [0.05, 0.1) is 11.9 Å². The lowest BCUT2D eigenvalue weighted by Crippen LogP contribution is -2.07. The molecule has 1 amide bonds. The van der Waals surface area contributed by atoms with Crippen molar-refractivity contribution in [2.75, 3.05) is 5.32 Å². The number of benzene rings is 3. The molecule has 1 aromatic heterocycles. The molecule has 4 rings (SSSR count). The molecule has 0 spiro atoms. The molecule has 0 aliphatic carbocycles. The number of phenolic OH excluding ortho intramolecular Hbond substituents is 1. The van der Waals surface area contributed by atoms with Gasteiger partial charge in [-0.15, -0.1) is 0 Å². The number of aromatic hydroxyl groups is 1. The summed E-state index contributed by atoms with van der Waals surface area (Å²) in [5.41, 5.74) is 4.03. The Morgan fingerprint density at radius 2 is 1.69 bits per heavy atom. The lowest BCUT2D eigenvalue weighted by Gasteiger charge is -2.12. The van der Waals surface area contributed by atoms with E-state index < -0.39 is 5.82 Å². The fourth-order valence-electron chi connectivity index (χ4n) is 3.17. The van der Waals surface area contributed by atoms with Gasteiger partial charge in [0.15, 0.2) is 0 Å². The highest BCUT2D eigenvalue weighted by Gasteiger charge is 2.14. The summed E-state index contributed by atoms with van der Waals surface area (Å²) < 4.78 is 14.3. The lowest BCUT2D eigenvalue weighted by molar-refractivity contribution is -0.114. The van der Waals surface area contributed by atoms with E-state index >= 15 is 0 Å². The number of halogens is 1. The van der Waals surface area contributed by atoms with E-state index in [4.69, 9.17) is 0 Å². The number of nitrogens with zero attached hydrogens (tertiary/aromatic N) is 2. The highest BCUT2D eigenvalue weighted by Crippen LogP contribution is 2.39. The van der Waals surface area contributed by atoms with Crippen LogP contribution in [-0.2, 0) is 4.79 Å². The zero-order valence-electron chi connectivity index (χ0n) is 15.5. The summed E-state index contributed by atoms with van der Waals surface area (Å²) in [7, 11) is 0. The maximum absolute atomic E-state index is 14.3. The first-order valence-corrected chi connectivity index (χ1v) is 8.89. The number of anilines is 1. The largest absolute Gasteiger partial charge is 0.507 e. The monoisotopic (exact) mass is 388 g/mol. The molecule has 4 aromatic rings. The quantitative estimate of drug-likeness (QED) is 0.476. The number of aromatic nitrogens is 3. The van der Waals surface area contributed by atoms with Gasteiger partial charge in [-0.05, 0) is 29.3 Å². The van der Waals surface area contributed by atoms with Crippen LogP contribution in [0.4, 0.5) is 10.1 Å². The molecule has 29 heavy (non-hydrogen) atoms. The molecule has 0 unspecified atom stereocenters. The number of carbonyl (C=O) groups is 1. The van der Waals surface area contributed by atoms with Gasteiger partial charge in [-0.1, -0.05) is 42.5 Å². The second-order valence-electron chi connectivity index (χ2n) is 6.51. The third kappa shape index (κ3) is 3.70. The Kier molecular flexibility index (Phi) is 4.78. The van der Waals surface area contributed by atoms with Crippen molar-refractivity contribution < 1.29 is 14.3 Å². The first-order valence-electron chi connectivity index (χ1n) is 8.89. The SMILES string of the molecule is CC(=O)Nc1ccc(-c2cccc(-c3cccc(-c4cn[nH]n4)c3)c2O)cc1F. The van der Waals surface area contributed by atoms with Crippen molar-refractivity contribution in [1.29, 1.82) is 0 Å². The number of phenols is 1. The third-order valence-corrected chi connectivity index (χ3v) is 4.51. The summed E-state index contributed by atoms with van der Waals surface area (Å²) in [5, 5.41) is 23.8. The van der Waals surface area contributed by atoms with Crippen molar-refractivity contribution in [3.63, 3.8) is 0 Å². The molecule has 0 aliphatic rings. The van der Waals surface area contributed by atoms with Crippen LogP contribution < -0.4 is 5.32 Å². The molecule has 0 aliphatic heterocycles. The Morgan fingerprint density at radius 3 is 2.34 bits per heavy atom. The van der Waals surface area contributed by atoms with Crippen LogP contribution in [0.1, 0.15) is 6.92 Å². The Morgan fingerprint density at radius 1 is 1.00 bits per heavy atom. The number of H-pyrrole nitrogens is 1. The second kappa shape index (κ2) is 7.55. The molecule has 3 N–H and O–H groups in total. The first-order chi connectivity index (χ1) is 14.0. The summed E-state index contributed by atoms with van der Waals surface area (Å²) in [6.45, 7) is 1.32. The molecule has 3 aromatic carbocycles. The van der Waals surface area contributed by atoms with E-state index in [0.29, 0.717) is 22.4 Å². The van der Waals surface area contributed by atoms with Gasteiger partial charge in [0, 0.05) is 23.6 Å². The van der Waals surface area contributed by atoms with Gasteiger partial charge >= 0.3 is 0 Å². The standard InChI is InChI=1S/C22H17FN4O2/c1-13(28)25-20-9-8-15(11-19(20)23)18-7-3-6-17(22(18)29)14-4-2-5-16(10-14)21-12-24-27-26-21/h2-12,29H,1H3,(H,25,28)(H,24,26,27). The van der Waals surface area contributed by atoms with Crippen LogP contribution in [0.5, 0.6) is 5.75 Å². The molecule has 7 heteroatoms. The topological polar surface area (TPSA) is 90.9 Å². The van der Waals surface area contributed by atoms with Crippen molar-refractivity contribution >= 4 is 11.6 Å². The fraction of sp³-hybridized carbons (Fsp3) is 0.0455. The third-order valence-electron chi connectivity index (χ3n) is 4.51. The molecule has 6 nitrogen and oxygen atoms in total. The fourth-order valence-corrected chi connectivity index (χ4v) is 3.17. The number of para-hydroxylation sites is 1. The number of hydrogen-bond donors (Lipinski definition) is 3. The zero-order chi connectivity index (χ0) is 20.4. The van der Waals surface area contributed by atoms with Gasteiger partial charge in [-0.3, -0.25) is 4.79 Å². The van der Waals surface area contributed by atoms with Gasteiger partial charge in [-0.25, -0.2) is 4.39 Å².